The number of amides is 1. The molecule has 0 heterocycles. The second-order valence-electron chi connectivity index (χ2n) is 5.05. The third kappa shape index (κ3) is 4.97. The molecule has 136 valence electrons. The summed E-state index contributed by atoms with van der Waals surface area (Å²) < 4.78 is 9.77. The number of carbonyl (C=O) groups is 3. The minimum Gasteiger partial charge on any atom is -0.507 e. The lowest BCUT2D eigenvalue weighted by atomic mass is 10.2. The van der Waals surface area contributed by atoms with E-state index >= 15 is 0 Å². The van der Waals surface area contributed by atoms with Crippen molar-refractivity contribution in [2.75, 3.05) is 18.5 Å². The minimum atomic E-state index is -0.904. The Bertz CT molecular complexity index is 836. The molecule has 0 aromatic heterocycles. The standard InChI is InChI=1S/C18H16ClNO6/c1-2-25-17(23)12-5-3-4-6-14(12)20-16(22)10-26-18(24)13-9-11(19)7-8-15(13)21/h3-9,21H,2,10H2,1H3,(H,20,22). The Labute approximate surface area is 154 Å². The summed E-state index contributed by atoms with van der Waals surface area (Å²) in [7, 11) is 0. The Morgan fingerprint density at radius 2 is 1.73 bits per heavy atom. The van der Waals surface area contributed by atoms with Gasteiger partial charge in [-0.15, -0.1) is 0 Å². The van der Waals surface area contributed by atoms with Crippen LogP contribution in [0, 0.1) is 0 Å². The van der Waals surface area contributed by atoms with Crippen molar-refractivity contribution in [1.82, 2.24) is 0 Å². The molecule has 0 saturated heterocycles. The Morgan fingerprint density at radius 3 is 2.46 bits per heavy atom. The van der Waals surface area contributed by atoms with Gasteiger partial charge in [0.25, 0.3) is 5.91 Å². The summed E-state index contributed by atoms with van der Waals surface area (Å²) in [6, 6.07) is 10.2. The van der Waals surface area contributed by atoms with Gasteiger partial charge in [0.05, 0.1) is 17.9 Å². The number of hydrogen-bond acceptors (Lipinski definition) is 6. The molecule has 0 aliphatic carbocycles. The summed E-state index contributed by atoms with van der Waals surface area (Å²) in [5.74, 6) is -2.45. The normalized spacial score (nSPS) is 10.1. The number of anilines is 1. The minimum absolute atomic E-state index is 0.155. The molecule has 0 aliphatic rings. The van der Waals surface area contributed by atoms with Crippen molar-refractivity contribution in [1.29, 1.82) is 0 Å². The molecule has 0 unspecified atom stereocenters. The summed E-state index contributed by atoms with van der Waals surface area (Å²) in [5.41, 5.74) is 0.260. The number of esters is 2. The zero-order valence-corrected chi connectivity index (χ0v) is 14.6. The van der Waals surface area contributed by atoms with E-state index in [1.807, 2.05) is 0 Å². The number of hydrogen-bond donors (Lipinski definition) is 2. The summed E-state index contributed by atoms with van der Waals surface area (Å²) in [6.07, 6.45) is 0. The molecular formula is C18H16ClNO6. The predicted octanol–water partition coefficient (Wildman–Crippen LogP) is 3.02. The first kappa shape index (κ1) is 19.3. The molecule has 0 saturated carbocycles. The zero-order chi connectivity index (χ0) is 19.1. The van der Waals surface area contributed by atoms with E-state index < -0.39 is 24.5 Å². The maximum Gasteiger partial charge on any atom is 0.342 e. The highest BCUT2D eigenvalue weighted by molar-refractivity contribution is 6.31. The lowest BCUT2D eigenvalue weighted by Gasteiger charge is -2.11. The summed E-state index contributed by atoms with van der Waals surface area (Å²) in [5, 5.41) is 12.4. The molecule has 2 N–H and O–H groups in total. The van der Waals surface area contributed by atoms with Crippen molar-refractivity contribution in [2.24, 2.45) is 0 Å². The molecule has 8 heteroatoms. The Morgan fingerprint density at radius 1 is 1.04 bits per heavy atom. The molecule has 2 rings (SSSR count). The van der Waals surface area contributed by atoms with Crippen LogP contribution in [-0.2, 0) is 14.3 Å². The van der Waals surface area contributed by atoms with Crippen molar-refractivity contribution < 1.29 is 29.0 Å². The average molecular weight is 378 g/mol. The number of nitrogens with one attached hydrogen (secondary N) is 1. The number of para-hydroxylation sites is 1. The van der Waals surface area contributed by atoms with Gasteiger partial charge in [-0.3, -0.25) is 4.79 Å². The number of phenols is 1. The molecule has 0 fully saturated rings. The Balaban J connectivity index is 2.00. The van der Waals surface area contributed by atoms with Gasteiger partial charge in [0, 0.05) is 5.02 Å². The fourth-order valence-corrected chi connectivity index (χ4v) is 2.22. The summed E-state index contributed by atoms with van der Waals surface area (Å²) in [6.45, 7) is 1.26. The highest BCUT2D eigenvalue weighted by Crippen LogP contribution is 2.22. The van der Waals surface area contributed by atoms with E-state index in [1.54, 1.807) is 19.1 Å². The summed E-state index contributed by atoms with van der Waals surface area (Å²) >= 11 is 5.76. The quantitative estimate of drug-likeness (QED) is 0.750. The fraction of sp³-hybridized carbons (Fsp3) is 0.167. The van der Waals surface area contributed by atoms with Gasteiger partial charge in [-0.25, -0.2) is 9.59 Å². The number of benzene rings is 2. The molecule has 7 nitrogen and oxygen atoms in total. The largest absolute Gasteiger partial charge is 0.507 e. The van der Waals surface area contributed by atoms with Gasteiger partial charge in [0.1, 0.15) is 11.3 Å². The predicted molar refractivity (Wildman–Crippen MR) is 94.4 cm³/mol. The van der Waals surface area contributed by atoms with Gasteiger partial charge < -0.3 is 19.9 Å². The Kier molecular flexibility index (Phi) is 6.57. The van der Waals surface area contributed by atoms with Gasteiger partial charge in [0.2, 0.25) is 0 Å². The maximum absolute atomic E-state index is 12.0. The first-order chi connectivity index (χ1) is 12.4. The van der Waals surface area contributed by atoms with Crippen LogP contribution in [0.5, 0.6) is 5.75 Å². The van der Waals surface area contributed by atoms with E-state index in [4.69, 9.17) is 21.1 Å². The van der Waals surface area contributed by atoms with E-state index in [9.17, 15) is 19.5 Å². The van der Waals surface area contributed by atoms with Crippen LogP contribution in [-0.4, -0.2) is 36.2 Å². The molecule has 1 amide bonds. The first-order valence-corrected chi connectivity index (χ1v) is 8.01. The smallest absolute Gasteiger partial charge is 0.342 e. The summed E-state index contributed by atoms with van der Waals surface area (Å²) in [4.78, 5) is 35.8. The molecule has 26 heavy (non-hydrogen) atoms. The monoisotopic (exact) mass is 377 g/mol. The highest BCUT2D eigenvalue weighted by Gasteiger charge is 2.17. The number of carbonyl (C=O) groups excluding carboxylic acids is 3. The molecule has 0 atom stereocenters. The third-order valence-electron chi connectivity index (χ3n) is 3.21. The number of rotatable bonds is 6. The van der Waals surface area contributed by atoms with Crippen LogP contribution in [0.15, 0.2) is 42.5 Å². The molecule has 0 radical (unpaired) electrons. The van der Waals surface area contributed by atoms with Gasteiger partial charge >= 0.3 is 11.9 Å². The van der Waals surface area contributed by atoms with Crippen LogP contribution in [0.1, 0.15) is 27.6 Å². The van der Waals surface area contributed by atoms with Crippen LogP contribution in [0.4, 0.5) is 5.69 Å². The molecule has 0 aliphatic heterocycles. The molecule has 2 aromatic rings. The SMILES string of the molecule is CCOC(=O)c1ccccc1NC(=O)COC(=O)c1cc(Cl)ccc1O. The first-order valence-electron chi connectivity index (χ1n) is 7.64. The average Bonchev–Trinajstić information content (AvgIpc) is 2.62. The van der Waals surface area contributed by atoms with Crippen LogP contribution in [0.3, 0.4) is 0 Å². The molecule has 0 spiro atoms. The van der Waals surface area contributed by atoms with Crippen molar-refractivity contribution in [2.45, 2.75) is 6.92 Å². The third-order valence-corrected chi connectivity index (χ3v) is 3.44. The molecule has 0 bridgehead atoms. The van der Waals surface area contributed by atoms with Crippen molar-refractivity contribution in [3.8, 4) is 5.75 Å². The van der Waals surface area contributed by atoms with Crippen LogP contribution >= 0.6 is 11.6 Å². The van der Waals surface area contributed by atoms with Gasteiger partial charge in [-0.2, -0.15) is 0 Å². The molecule has 2 aromatic carbocycles. The number of halogens is 1. The lowest BCUT2D eigenvalue weighted by Crippen LogP contribution is -2.22. The second-order valence-corrected chi connectivity index (χ2v) is 5.49. The van der Waals surface area contributed by atoms with Gasteiger partial charge in [-0.05, 0) is 37.3 Å². The number of aromatic hydroxyl groups is 1. The van der Waals surface area contributed by atoms with Gasteiger partial charge in [-0.1, -0.05) is 23.7 Å². The van der Waals surface area contributed by atoms with Crippen LogP contribution in [0.25, 0.3) is 0 Å². The van der Waals surface area contributed by atoms with E-state index in [0.29, 0.717) is 0 Å². The fourth-order valence-electron chi connectivity index (χ4n) is 2.05. The van der Waals surface area contributed by atoms with Gasteiger partial charge in [0.15, 0.2) is 6.61 Å². The van der Waals surface area contributed by atoms with E-state index in [2.05, 4.69) is 5.32 Å². The van der Waals surface area contributed by atoms with Crippen LogP contribution in [0.2, 0.25) is 5.02 Å². The van der Waals surface area contributed by atoms with Crippen LogP contribution < -0.4 is 5.32 Å². The Hall–Kier alpha value is -3.06. The van der Waals surface area contributed by atoms with Crippen molar-refractivity contribution in [3.63, 3.8) is 0 Å². The number of phenolic OH excluding ortho intramolecular Hbond substituents is 1. The number of ether oxygens (including phenoxy) is 2. The van der Waals surface area contributed by atoms with Crippen molar-refractivity contribution in [3.05, 3.63) is 58.6 Å². The topological polar surface area (TPSA) is 102 Å². The van der Waals surface area contributed by atoms with E-state index in [1.165, 1.54) is 30.3 Å². The highest BCUT2D eigenvalue weighted by atomic mass is 35.5. The van der Waals surface area contributed by atoms with E-state index in [-0.39, 0.29) is 34.2 Å². The maximum atomic E-state index is 12.0. The lowest BCUT2D eigenvalue weighted by molar-refractivity contribution is -0.119. The molecular weight excluding hydrogens is 362 g/mol. The van der Waals surface area contributed by atoms with Crippen molar-refractivity contribution >= 4 is 35.1 Å². The van der Waals surface area contributed by atoms with E-state index in [0.717, 1.165) is 0 Å². The zero-order valence-electron chi connectivity index (χ0n) is 13.8. The second kappa shape index (κ2) is 8.87.